The van der Waals surface area contributed by atoms with E-state index in [9.17, 15) is 4.79 Å². The number of benzene rings is 2. The molecule has 0 amide bonds. The van der Waals surface area contributed by atoms with E-state index in [4.69, 9.17) is 0 Å². The molecule has 0 N–H and O–H groups in total. The minimum Gasteiger partial charge on any atom is -0.295 e. The normalized spacial score (nSPS) is 12.0. The number of hydrogen-bond donors (Lipinski definition) is 0. The molecule has 0 unspecified atom stereocenters. The quantitative estimate of drug-likeness (QED) is 0.725. The van der Waals surface area contributed by atoms with Crippen LogP contribution >= 0.6 is 11.8 Å². The maximum atomic E-state index is 12.4. The molecule has 0 aliphatic carbocycles. The van der Waals surface area contributed by atoms with E-state index >= 15 is 0 Å². The van der Waals surface area contributed by atoms with Crippen molar-refractivity contribution in [2.75, 3.05) is 0 Å². The summed E-state index contributed by atoms with van der Waals surface area (Å²) < 4.78 is 3.46. The van der Waals surface area contributed by atoms with Gasteiger partial charge in [0.25, 0.3) is 0 Å². The maximum Gasteiger partial charge on any atom is 0.333 e. The summed E-state index contributed by atoms with van der Waals surface area (Å²) in [5.41, 5.74) is 4.12. The van der Waals surface area contributed by atoms with Crippen molar-refractivity contribution < 1.29 is 0 Å². The molecule has 3 nitrogen and oxygen atoms in total. The molecular formula is C18H18N2OS. The highest BCUT2D eigenvalue weighted by Crippen LogP contribution is 2.20. The number of fused-ring (bicyclic) bond motifs is 1. The third kappa shape index (κ3) is 2.74. The molecule has 0 fully saturated rings. The molecule has 2 aromatic carbocycles. The Balaban J connectivity index is 1.89. The number of rotatable bonds is 4. The first-order chi connectivity index (χ1) is 10.7. The molecule has 3 aromatic rings. The van der Waals surface area contributed by atoms with Crippen molar-refractivity contribution in [1.82, 2.24) is 9.13 Å². The first kappa shape index (κ1) is 14.7. The van der Waals surface area contributed by atoms with Crippen LogP contribution in [0.4, 0.5) is 0 Å². The number of aryl methyl sites for hydroxylation is 1. The summed E-state index contributed by atoms with van der Waals surface area (Å²) in [7, 11) is 1.81. The SMILES string of the molecule is CC(=CSCc1ccccc1)n1c(=O)n(C)c2ccccc21. The summed E-state index contributed by atoms with van der Waals surface area (Å²) in [5.74, 6) is 0.900. The average Bonchev–Trinajstić information content (AvgIpc) is 2.80. The molecule has 1 heterocycles. The van der Waals surface area contributed by atoms with Crippen LogP contribution in [0.5, 0.6) is 0 Å². The second-order valence-corrected chi connectivity index (χ2v) is 6.08. The van der Waals surface area contributed by atoms with E-state index < -0.39 is 0 Å². The summed E-state index contributed by atoms with van der Waals surface area (Å²) in [6.45, 7) is 1.98. The summed E-state index contributed by atoms with van der Waals surface area (Å²) in [6.07, 6.45) is 0. The molecule has 4 heteroatoms. The zero-order valence-corrected chi connectivity index (χ0v) is 13.5. The van der Waals surface area contributed by atoms with Gasteiger partial charge in [0, 0.05) is 18.5 Å². The van der Waals surface area contributed by atoms with Crippen molar-refractivity contribution >= 4 is 28.5 Å². The Bertz CT molecular complexity index is 875. The highest BCUT2D eigenvalue weighted by atomic mass is 32.2. The van der Waals surface area contributed by atoms with Gasteiger partial charge in [0.2, 0.25) is 0 Å². The number of thioether (sulfide) groups is 1. The predicted molar refractivity (Wildman–Crippen MR) is 94.9 cm³/mol. The smallest absolute Gasteiger partial charge is 0.295 e. The van der Waals surface area contributed by atoms with Crippen molar-refractivity contribution in [2.45, 2.75) is 12.7 Å². The highest BCUT2D eigenvalue weighted by Gasteiger charge is 2.10. The molecule has 0 radical (unpaired) electrons. The molecule has 0 spiro atoms. The van der Waals surface area contributed by atoms with E-state index in [2.05, 4.69) is 17.5 Å². The van der Waals surface area contributed by atoms with Crippen LogP contribution in [0.15, 0.2) is 64.8 Å². The van der Waals surface area contributed by atoms with Crippen LogP contribution < -0.4 is 5.69 Å². The van der Waals surface area contributed by atoms with Crippen molar-refractivity contribution in [3.63, 3.8) is 0 Å². The van der Waals surface area contributed by atoms with Gasteiger partial charge in [-0.3, -0.25) is 9.13 Å². The zero-order chi connectivity index (χ0) is 15.5. The van der Waals surface area contributed by atoms with Crippen molar-refractivity contribution in [2.24, 2.45) is 7.05 Å². The topological polar surface area (TPSA) is 26.9 Å². The second kappa shape index (κ2) is 6.28. The third-order valence-electron chi connectivity index (χ3n) is 3.66. The summed E-state index contributed by atoms with van der Waals surface area (Å²) >= 11 is 1.70. The van der Waals surface area contributed by atoms with Gasteiger partial charge in [0.05, 0.1) is 11.0 Å². The lowest BCUT2D eigenvalue weighted by molar-refractivity contribution is 0.852. The fraction of sp³-hybridized carbons (Fsp3) is 0.167. The standard InChI is InChI=1S/C18H18N2OS/c1-14(12-22-13-15-8-4-3-5-9-15)20-17-11-7-6-10-16(17)19(2)18(20)21/h3-12H,13H2,1-2H3. The lowest BCUT2D eigenvalue weighted by Gasteiger charge is -2.03. The van der Waals surface area contributed by atoms with E-state index in [0.717, 1.165) is 22.5 Å². The van der Waals surface area contributed by atoms with Gasteiger partial charge < -0.3 is 0 Å². The molecule has 0 saturated heterocycles. The second-order valence-electron chi connectivity index (χ2n) is 5.22. The van der Waals surface area contributed by atoms with Gasteiger partial charge in [0.15, 0.2) is 0 Å². The Morgan fingerprint density at radius 1 is 1.05 bits per heavy atom. The molecule has 0 aliphatic heterocycles. The molecule has 0 saturated carbocycles. The fourth-order valence-electron chi connectivity index (χ4n) is 2.52. The number of imidazole rings is 1. The lowest BCUT2D eigenvalue weighted by Crippen LogP contribution is -2.20. The van der Waals surface area contributed by atoms with Crippen LogP contribution in [-0.2, 0) is 12.8 Å². The van der Waals surface area contributed by atoms with E-state index in [1.165, 1.54) is 5.56 Å². The van der Waals surface area contributed by atoms with Crippen molar-refractivity contribution in [1.29, 1.82) is 0 Å². The number of hydrogen-bond acceptors (Lipinski definition) is 2. The number of aromatic nitrogens is 2. The van der Waals surface area contributed by atoms with Gasteiger partial charge in [-0.05, 0) is 30.0 Å². The number of nitrogens with zero attached hydrogens (tertiary/aromatic N) is 2. The Hall–Kier alpha value is -2.20. The average molecular weight is 310 g/mol. The monoisotopic (exact) mass is 310 g/mol. The number of allylic oxidation sites excluding steroid dienone is 1. The van der Waals surface area contributed by atoms with Crippen LogP contribution in [0.1, 0.15) is 12.5 Å². The molecule has 0 aliphatic rings. The Morgan fingerprint density at radius 3 is 2.41 bits per heavy atom. The van der Waals surface area contributed by atoms with Crippen LogP contribution in [0.2, 0.25) is 0 Å². The first-order valence-electron chi connectivity index (χ1n) is 7.17. The summed E-state index contributed by atoms with van der Waals surface area (Å²) in [6, 6.07) is 18.2. The zero-order valence-electron chi connectivity index (χ0n) is 12.7. The first-order valence-corrected chi connectivity index (χ1v) is 8.22. The molecule has 112 valence electrons. The Kier molecular flexibility index (Phi) is 4.20. The predicted octanol–water partition coefficient (Wildman–Crippen LogP) is 4.09. The van der Waals surface area contributed by atoms with Gasteiger partial charge in [-0.15, -0.1) is 11.8 Å². The van der Waals surface area contributed by atoms with Crippen LogP contribution in [0.25, 0.3) is 16.7 Å². The van der Waals surface area contributed by atoms with Gasteiger partial charge in [-0.25, -0.2) is 4.79 Å². The summed E-state index contributed by atoms with van der Waals surface area (Å²) in [5, 5.41) is 2.06. The Morgan fingerprint density at radius 2 is 1.68 bits per heavy atom. The largest absolute Gasteiger partial charge is 0.333 e. The molecule has 1 aromatic heterocycles. The molecule has 0 atom stereocenters. The van der Waals surface area contributed by atoms with E-state index in [0.29, 0.717) is 0 Å². The minimum atomic E-state index is -0.00439. The van der Waals surface area contributed by atoms with Crippen molar-refractivity contribution in [3.05, 3.63) is 76.1 Å². The van der Waals surface area contributed by atoms with Crippen LogP contribution in [-0.4, -0.2) is 9.13 Å². The molecule has 22 heavy (non-hydrogen) atoms. The van der Waals surface area contributed by atoms with Gasteiger partial charge in [0.1, 0.15) is 0 Å². The summed E-state index contributed by atoms with van der Waals surface area (Å²) in [4.78, 5) is 12.4. The third-order valence-corrected chi connectivity index (χ3v) is 4.67. The molecule has 0 bridgehead atoms. The van der Waals surface area contributed by atoms with Gasteiger partial charge >= 0.3 is 5.69 Å². The van der Waals surface area contributed by atoms with E-state index in [1.807, 2.05) is 56.4 Å². The highest BCUT2D eigenvalue weighted by molar-refractivity contribution is 8.01. The number of para-hydroxylation sites is 2. The van der Waals surface area contributed by atoms with E-state index in [-0.39, 0.29) is 5.69 Å². The molecule has 3 rings (SSSR count). The molecular weight excluding hydrogens is 292 g/mol. The lowest BCUT2D eigenvalue weighted by atomic mass is 10.2. The van der Waals surface area contributed by atoms with E-state index in [1.54, 1.807) is 20.9 Å². The Labute approximate surface area is 133 Å². The maximum absolute atomic E-state index is 12.4. The minimum absolute atomic E-state index is 0.00439. The van der Waals surface area contributed by atoms with Crippen LogP contribution in [0.3, 0.4) is 0 Å². The fourth-order valence-corrected chi connectivity index (χ4v) is 3.33. The van der Waals surface area contributed by atoms with Crippen LogP contribution in [0, 0.1) is 0 Å². The van der Waals surface area contributed by atoms with Gasteiger partial charge in [-0.2, -0.15) is 0 Å². The van der Waals surface area contributed by atoms with Gasteiger partial charge in [-0.1, -0.05) is 42.5 Å². The van der Waals surface area contributed by atoms with Crippen molar-refractivity contribution in [3.8, 4) is 0 Å².